The number of para-hydroxylation sites is 1. The summed E-state index contributed by atoms with van der Waals surface area (Å²) in [6.45, 7) is 4.91. The zero-order valence-corrected chi connectivity index (χ0v) is 19.3. The SMILES string of the molecule is Nc1cccc(Cl)c1C1NC(=O)C(CCN2CCN(c3ccccc3)CC2)c2ccccc21. The fourth-order valence-electron chi connectivity index (χ4n) is 5.11. The molecule has 3 N–H and O–H groups in total. The largest absolute Gasteiger partial charge is 0.398 e. The minimum absolute atomic E-state index is 0.0425. The monoisotopic (exact) mass is 460 g/mol. The first-order valence-electron chi connectivity index (χ1n) is 11.6. The van der Waals surface area contributed by atoms with E-state index in [0.717, 1.165) is 55.8 Å². The molecule has 3 aromatic rings. The van der Waals surface area contributed by atoms with E-state index >= 15 is 0 Å². The topological polar surface area (TPSA) is 61.6 Å². The molecule has 0 spiro atoms. The molecule has 0 radical (unpaired) electrons. The van der Waals surface area contributed by atoms with Gasteiger partial charge in [-0.3, -0.25) is 9.69 Å². The molecule has 6 heteroatoms. The van der Waals surface area contributed by atoms with Gasteiger partial charge in [0.1, 0.15) is 0 Å². The van der Waals surface area contributed by atoms with Crippen LogP contribution in [0.5, 0.6) is 0 Å². The molecule has 2 unspecified atom stereocenters. The molecule has 2 heterocycles. The fraction of sp³-hybridized carbons (Fsp3) is 0.296. The number of benzene rings is 3. The minimum Gasteiger partial charge on any atom is -0.398 e. The number of piperazine rings is 1. The van der Waals surface area contributed by atoms with Crippen molar-refractivity contribution in [3.8, 4) is 0 Å². The van der Waals surface area contributed by atoms with E-state index in [4.69, 9.17) is 17.3 Å². The lowest BCUT2D eigenvalue weighted by Crippen LogP contribution is -2.47. The Morgan fingerprint density at radius 1 is 0.879 bits per heavy atom. The van der Waals surface area contributed by atoms with E-state index in [1.54, 1.807) is 0 Å². The van der Waals surface area contributed by atoms with Gasteiger partial charge in [-0.05, 0) is 48.4 Å². The van der Waals surface area contributed by atoms with Crippen LogP contribution in [-0.2, 0) is 4.79 Å². The summed E-state index contributed by atoms with van der Waals surface area (Å²) < 4.78 is 0. The molecule has 33 heavy (non-hydrogen) atoms. The number of rotatable bonds is 5. The highest BCUT2D eigenvalue weighted by Crippen LogP contribution is 2.40. The van der Waals surface area contributed by atoms with Gasteiger partial charge in [0, 0.05) is 48.1 Å². The maximum absolute atomic E-state index is 13.3. The molecule has 5 nitrogen and oxygen atoms in total. The third-order valence-electron chi connectivity index (χ3n) is 6.89. The lowest BCUT2D eigenvalue weighted by atomic mass is 9.81. The molecule has 5 rings (SSSR count). The molecule has 0 aliphatic carbocycles. The van der Waals surface area contributed by atoms with Crippen molar-refractivity contribution < 1.29 is 4.79 Å². The summed E-state index contributed by atoms with van der Waals surface area (Å²) in [4.78, 5) is 18.1. The summed E-state index contributed by atoms with van der Waals surface area (Å²) in [6.07, 6.45) is 0.791. The van der Waals surface area contributed by atoms with E-state index in [1.807, 2.05) is 30.3 Å². The van der Waals surface area contributed by atoms with Crippen LogP contribution in [-0.4, -0.2) is 43.5 Å². The Bertz CT molecular complexity index is 1110. The fourth-order valence-corrected chi connectivity index (χ4v) is 5.40. The van der Waals surface area contributed by atoms with Crippen molar-refractivity contribution >= 4 is 28.9 Å². The van der Waals surface area contributed by atoms with Crippen LogP contribution in [0.2, 0.25) is 5.02 Å². The molecule has 2 atom stereocenters. The highest BCUT2D eigenvalue weighted by Gasteiger charge is 2.35. The molecule has 2 aliphatic rings. The Morgan fingerprint density at radius 3 is 2.30 bits per heavy atom. The first kappa shape index (κ1) is 21.8. The summed E-state index contributed by atoms with van der Waals surface area (Å²) in [7, 11) is 0. The van der Waals surface area contributed by atoms with Gasteiger partial charge in [-0.15, -0.1) is 0 Å². The van der Waals surface area contributed by atoms with Gasteiger partial charge in [-0.2, -0.15) is 0 Å². The number of hydrogen-bond donors (Lipinski definition) is 2. The predicted molar refractivity (Wildman–Crippen MR) is 135 cm³/mol. The van der Waals surface area contributed by atoms with Crippen LogP contribution < -0.4 is 16.0 Å². The van der Waals surface area contributed by atoms with Gasteiger partial charge in [0.05, 0.1) is 12.0 Å². The minimum atomic E-state index is -0.326. The number of anilines is 2. The molecule has 2 aliphatic heterocycles. The maximum atomic E-state index is 13.3. The van der Waals surface area contributed by atoms with E-state index in [0.29, 0.717) is 10.7 Å². The van der Waals surface area contributed by atoms with Crippen molar-refractivity contribution in [2.24, 2.45) is 0 Å². The number of fused-ring (bicyclic) bond motifs is 1. The van der Waals surface area contributed by atoms with Crippen LogP contribution in [0.4, 0.5) is 11.4 Å². The number of carbonyl (C=O) groups is 1. The Hall–Kier alpha value is -3.02. The van der Waals surface area contributed by atoms with Crippen molar-refractivity contribution in [1.29, 1.82) is 0 Å². The second-order valence-corrected chi connectivity index (χ2v) is 9.23. The van der Waals surface area contributed by atoms with Gasteiger partial charge >= 0.3 is 0 Å². The summed E-state index contributed by atoms with van der Waals surface area (Å²) in [5.74, 6) is -0.130. The van der Waals surface area contributed by atoms with Crippen molar-refractivity contribution in [1.82, 2.24) is 10.2 Å². The molecule has 1 saturated heterocycles. The summed E-state index contributed by atoms with van der Waals surface area (Å²) in [5.41, 5.74) is 11.1. The highest BCUT2D eigenvalue weighted by atomic mass is 35.5. The molecular weight excluding hydrogens is 432 g/mol. The quantitative estimate of drug-likeness (QED) is 0.553. The molecule has 1 amide bonds. The molecule has 0 saturated carbocycles. The number of nitrogens with two attached hydrogens (primary N) is 1. The first-order chi connectivity index (χ1) is 16.1. The summed E-state index contributed by atoms with van der Waals surface area (Å²) in [6, 6.07) is 23.9. The van der Waals surface area contributed by atoms with Gasteiger partial charge in [-0.25, -0.2) is 0 Å². The highest BCUT2D eigenvalue weighted by molar-refractivity contribution is 6.31. The van der Waals surface area contributed by atoms with Gasteiger partial charge in [0.15, 0.2) is 0 Å². The zero-order valence-electron chi connectivity index (χ0n) is 18.6. The van der Waals surface area contributed by atoms with Crippen LogP contribution in [0.25, 0.3) is 0 Å². The van der Waals surface area contributed by atoms with E-state index < -0.39 is 0 Å². The van der Waals surface area contributed by atoms with Crippen molar-refractivity contribution in [2.45, 2.75) is 18.4 Å². The third kappa shape index (κ3) is 4.43. The van der Waals surface area contributed by atoms with Crippen LogP contribution in [0, 0.1) is 0 Å². The summed E-state index contributed by atoms with van der Waals surface area (Å²) in [5, 5.41) is 3.78. The number of amides is 1. The predicted octanol–water partition coefficient (Wildman–Crippen LogP) is 4.44. The second kappa shape index (κ2) is 9.46. The van der Waals surface area contributed by atoms with Crippen molar-refractivity contribution in [3.05, 3.63) is 94.5 Å². The Morgan fingerprint density at radius 2 is 1.58 bits per heavy atom. The molecule has 0 aromatic heterocycles. The van der Waals surface area contributed by atoms with E-state index in [9.17, 15) is 4.79 Å². The number of halogens is 1. The van der Waals surface area contributed by atoms with Gasteiger partial charge in [0.2, 0.25) is 5.91 Å². The van der Waals surface area contributed by atoms with Gasteiger partial charge in [-0.1, -0.05) is 60.1 Å². The Balaban J connectivity index is 1.29. The zero-order chi connectivity index (χ0) is 22.8. The maximum Gasteiger partial charge on any atom is 0.228 e. The molecule has 0 bridgehead atoms. The third-order valence-corrected chi connectivity index (χ3v) is 7.22. The van der Waals surface area contributed by atoms with E-state index in [-0.39, 0.29) is 17.9 Å². The summed E-state index contributed by atoms with van der Waals surface area (Å²) >= 11 is 6.49. The van der Waals surface area contributed by atoms with Gasteiger partial charge < -0.3 is 16.0 Å². The average Bonchev–Trinajstić information content (AvgIpc) is 2.84. The second-order valence-electron chi connectivity index (χ2n) is 8.82. The number of hydrogen-bond acceptors (Lipinski definition) is 4. The molecular formula is C27H29ClN4O. The number of carbonyl (C=O) groups excluding carboxylic acids is 1. The van der Waals surface area contributed by atoms with E-state index in [2.05, 4.69) is 57.6 Å². The van der Waals surface area contributed by atoms with Crippen LogP contribution in [0.3, 0.4) is 0 Å². The number of nitrogens with zero attached hydrogens (tertiary/aromatic N) is 2. The van der Waals surface area contributed by atoms with Crippen LogP contribution in [0.1, 0.15) is 35.1 Å². The van der Waals surface area contributed by atoms with Crippen LogP contribution >= 0.6 is 11.6 Å². The lowest BCUT2D eigenvalue weighted by Gasteiger charge is -2.38. The van der Waals surface area contributed by atoms with Crippen molar-refractivity contribution in [2.75, 3.05) is 43.4 Å². The molecule has 1 fully saturated rings. The molecule has 170 valence electrons. The normalized spacial score (nSPS) is 20.9. The lowest BCUT2D eigenvalue weighted by molar-refractivity contribution is -0.124. The first-order valence-corrected chi connectivity index (χ1v) is 11.9. The number of nitrogens with one attached hydrogen (secondary N) is 1. The van der Waals surface area contributed by atoms with E-state index in [1.165, 1.54) is 5.69 Å². The Labute approximate surface area is 200 Å². The average molecular weight is 461 g/mol. The Kier molecular flexibility index (Phi) is 6.25. The standard InChI is InChI=1S/C27H29ClN4O/c28-23-11-6-12-24(29)25(23)26-21-10-5-4-9-20(21)22(27(33)30-26)13-14-31-15-17-32(18-16-31)19-7-2-1-3-8-19/h1-12,22,26H,13-18,29H2,(H,30,33). The van der Waals surface area contributed by atoms with Crippen molar-refractivity contribution in [3.63, 3.8) is 0 Å². The number of nitrogen functional groups attached to an aromatic ring is 1. The molecule has 3 aromatic carbocycles. The van der Waals surface area contributed by atoms with Gasteiger partial charge in [0.25, 0.3) is 0 Å². The smallest absolute Gasteiger partial charge is 0.228 e. The van der Waals surface area contributed by atoms with Crippen LogP contribution in [0.15, 0.2) is 72.8 Å².